The molecule has 0 spiro atoms. The highest BCUT2D eigenvalue weighted by Gasteiger charge is 2.07. The Bertz CT molecular complexity index is 294. The highest BCUT2D eigenvalue weighted by Crippen LogP contribution is 2.20. The van der Waals surface area contributed by atoms with E-state index in [-0.39, 0.29) is 0 Å². The smallest absolute Gasteiger partial charge is 0.0396 e. The number of benzene rings is 1. The summed E-state index contributed by atoms with van der Waals surface area (Å²) in [6, 6.07) is 8.51. The van der Waals surface area contributed by atoms with Crippen LogP contribution < -0.4 is 10.6 Å². The predicted octanol–water partition coefficient (Wildman–Crippen LogP) is 2.28. The maximum Gasteiger partial charge on any atom is 0.0396 e. The Kier molecular flexibility index (Phi) is 4.63. The average Bonchev–Trinajstić information content (AvgIpc) is 2.18. The van der Waals surface area contributed by atoms with Gasteiger partial charge in [-0.3, -0.25) is 0 Å². The van der Waals surface area contributed by atoms with Crippen molar-refractivity contribution in [1.29, 1.82) is 0 Å². The van der Waals surface area contributed by atoms with Gasteiger partial charge in [-0.2, -0.15) is 0 Å². The number of hydrogen-bond donors (Lipinski definition) is 1. The van der Waals surface area contributed by atoms with E-state index in [0.717, 1.165) is 13.0 Å². The molecule has 0 radical (unpaired) electrons. The first kappa shape index (κ1) is 12.1. The van der Waals surface area contributed by atoms with E-state index in [2.05, 4.69) is 50.1 Å². The summed E-state index contributed by atoms with van der Waals surface area (Å²) in [5.74, 6) is 0.681. The van der Waals surface area contributed by atoms with Crippen molar-refractivity contribution in [2.24, 2.45) is 11.7 Å². The molecule has 1 aromatic rings. The van der Waals surface area contributed by atoms with Gasteiger partial charge in [0.2, 0.25) is 0 Å². The molecule has 2 N–H and O–H groups in total. The predicted molar refractivity (Wildman–Crippen MR) is 67.3 cm³/mol. The molecule has 1 aromatic carbocycles. The second-order valence-electron chi connectivity index (χ2n) is 4.44. The Morgan fingerprint density at radius 2 is 1.93 bits per heavy atom. The maximum absolute atomic E-state index is 5.61. The van der Waals surface area contributed by atoms with Gasteiger partial charge < -0.3 is 10.6 Å². The fourth-order valence-corrected chi connectivity index (χ4v) is 1.90. The second kappa shape index (κ2) is 5.76. The highest BCUT2D eigenvalue weighted by atomic mass is 15.1. The van der Waals surface area contributed by atoms with Crippen LogP contribution in [0.25, 0.3) is 0 Å². The van der Waals surface area contributed by atoms with Gasteiger partial charge in [-0.25, -0.2) is 0 Å². The van der Waals surface area contributed by atoms with E-state index in [1.165, 1.54) is 11.3 Å². The minimum atomic E-state index is 0.681. The highest BCUT2D eigenvalue weighted by molar-refractivity contribution is 5.53. The molecule has 84 valence electrons. The van der Waals surface area contributed by atoms with Crippen molar-refractivity contribution in [2.75, 3.05) is 25.0 Å². The molecular formula is C13H22N2. The van der Waals surface area contributed by atoms with Crippen molar-refractivity contribution in [3.05, 3.63) is 29.8 Å². The van der Waals surface area contributed by atoms with Crippen molar-refractivity contribution in [1.82, 2.24) is 0 Å². The zero-order chi connectivity index (χ0) is 11.3. The summed E-state index contributed by atoms with van der Waals surface area (Å²) in [6.07, 6.45) is 0.957. The van der Waals surface area contributed by atoms with Crippen LogP contribution in [0.15, 0.2) is 24.3 Å². The first-order valence-corrected chi connectivity index (χ1v) is 5.64. The second-order valence-corrected chi connectivity index (χ2v) is 4.44. The number of hydrogen-bond acceptors (Lipinski definition) is 2. The third kappa shape index (κ3) is 3.56. The van der Waals surface area contributed by atoms with E-state index in [0.29, 0.717) is 12.5 Å². The topological polar surface area (TPSA) is 29.3 Å². The number of anilines is 1. The molecule has 0 amide bonds. The van der Waals surface area contributed by atoms with Gasteiger partial charge in [-0.05, 0) is 30.5 Å². The standard InChI is InChI=1S/C13H22N2/c1-11(2)10-15(3)13-7-5-4-6-12(13)8-9-14/h4-7,11H,8-10,14H2,1-3H3. The molecule has 0 aliphatic carbocycles. The molecule has 0 aromatic heterocycles. The largest absolute Gasteiger partial charge is 0.374 e. The lowest BCUT2D eigenvalue weighted by atomic mass is 10.1. The molecule has 0 aliphatic rings. The molecule has 0 heterocycles. The quantitative estimate of drug-likeness (QED) is 0.801. The molecule has 2 nitrogen and oxygen atoms in total. The first-order valence-electron chi connectivity index (χ1n) is 5.64. The van der Waals surface area contributed by atoms with E-state index in [4.69, 9.17) is 5.73 Å². The molecule has 0 bridgehead atoms. The van der Waals surface area contributed by atoms with Crippen LogP contribution >= 0.6 is 0 Å². The van der Waals surface area contributed by atoms with Crippen LogP contribution in [0, 0.1) is 5.92 Å². The van der Waals surface area contributed by atoms with Gasteiger partial charge in [0.1, 0.15) is 0 Å². The summed E-state index contributed by atoms with van der Waals surface area (Å²) in [7, 11) is 2.15. The fourth-order valence-electron chi connectivity index (χ4n) is 1.90. The minimum absolute atomic E-state index is 0.681. The Balaban J connectivity index is 2.81. The molecule has 15 heavy (non-hydrogen) atoms. The summed E-state index contributed by atoms with van der Waals surface area (Å²) >= 11 is 0. The van der Waals surface area contributed by atoms with Crippen molar-refractivity contribution < 1.29 is 0 Å². The minimum Gasteiger partial charge on any atom is -0.374 e. The monoisotopic (exact) mass is 206 g/mol. The van der Waals surface area contributed by atoms with E-state index >= 15 is 0 Å². The van der Waals surface area contributed by atoms with E-state index < -0.39 is 0 Å². The van der Waals surface area contributed by atoms with Crippen LogP contribution in [0.4, 0.5) is 5.69 Å². The van der Waals surface area contributed by atoms with Crippen LogP contribution in [0.3, 0.4) is 0 Å². The Labute approximate surface area is 93.1 Å². The van der Waals surface area contributed by atoms with Crippen LogP contribution in [0.5, 0.6) is 0 Å². The molecule has 0 aliphatic heterocycles. The van der Waals surface area contributed by atoms with Crippen molar-refractivity contribution in [2.45, 2.75) is 20.3 Å². The van der Waals surface area contributed by atoms with Crippen molar-refractivity contribution >= 4 is 5.69 Å². The van der Waals surface area contributed by atoms with E-state index in [9.17, 15) is 0 Å². The normalized spacial score (nSPS) is 10.7. The third-order valence-electron chi connectivity index (χ3n) is 2.46. The zero-order valence-corrected chi connectivity index (χ0v) is 10.0. The maximum atomic E-state index is 5.61. The number of nitrogens with zero attached hydrogens (tertiary/aromatic N) is 1. The van der Waals surface area contributed by atoms with Gasteiger partial charge in [0.25, 0.3) is 0 Å². The summed E-state index contributed by atoms with van der Waals surface area (Å²) < 4.78 is 0. The summed E-state index contributed by atoms with van der Waals surface area (Å²) in [5, 5.41) is 0. The SMILES string of the molecule is CC(C)CN(C)c1ccccc1CCN. The van der Waals surface area contributed by atoms with E-state index in [1.807, 2.05) is 0 Å². The third-order valence-corrected chi connectivity index (χ3v) is 2.46. The van der Waals surface area contributed by atoms with Gasteiger partial charge >= 0.3 is 0 Å². The number of nitrogens with two attached hydrogens (primary N) is 1. The molecule has 0 atom stereocenters. The van der Waals surface area contributed by atoms with E-state index in [1.54, 1.807) is 0 Å². The van der Waals surface area contributed by atoms with Crippen LogP contribution in [0.2, 0.25) is 0 Å². The van der Waals surface area contributed by atoms with Crippen LogP contribution in [0.1, 0.15) is 19.4 Å². The molecule has 0 saturated carbocycles. The number of rotatable bonds is 5. The lowest BCUT2D eigenvalue weighted by molar-refractivity contribution is 0.637. The van der Waals surface area contributed by atoms with Crippen LogP contribution in [-0.4, -0.2) is 20.1 Å². The fraction of sp³-hybridized carbons (Fsp3) is 0.538. The molecule has 2 heteroatoms. The summed E-state index contributed by atoms with van der Waals surface area (Å²) in [4.78, 5) is 2.32. The Morgan fingerprint density at radius 3 is 2.53 bits per heavy atom. The van der Waals surface area contributed by atoms with Gasteiger partial charge in [0, 0.05) is 19.3 Å². The lowest BCUT2D eigenvalue weighted by Crippen LogP contribution is -2.24. The van der Waals surface area contributed by atoms with Gasteiger partial charge in [-0.1, -0.05) is 32.0 Å². The Morgan fingerprint density at radius 1 is 1.27 bits per heavy atom. The molecule has 0 saturated heterocycles. The first-order chi connectivity index (χ1) is 7.15. The van der Waals surface area contributed by atoms with Gasteiger partial charge in [0.15, 0.2) is 0 Å². The number of para-hydroxylation sites is 1. The molecular weight excluding hydrogens is 184 g/mol. The van der Waals surface area contributed by atoms with Crippen molar-refractivity contribution in [3.8, 4) is 0 Å². The van der Waals surface area contributed by atoms with Crippen LogP contribution in [-0.2, 0) is 6.42 Å². The van der Waals surface area contributed by atoms with Crippen molar-refractivity contribution in [3.63, 3.8) is 0 Å². The summed E-state index contributed by atoms with van der Waals surface area (Å²) in [6.45, 7) is 6.28. The van der Waals surface area contributed by atoms with Gasteiger partial charge in [-0.15, -0.1) is 0 Å². The Hall–Kier alpha value is -1.02. The van der Waals surface area contributed by atoms with Gasteiger partial charge in [0.05, 0.1) is 0 Å². The average molecular weight is 206 g/mol. The molecule has 1 rings (SSSR count). The summed E-state index contributed by atoms with van der Waals surface area (Å²) in [5.41, 5.74) is 8.28. The lowest BCUT2D eigenvalue weighted by Gasteiger charge is -2.24. The molecule has 0 unspecified atom stereocenters. The molecule has 0 fully saturated rings. The zero-order valence-electron chi connectivity index (χ0n) is 10.0.